The van der Waals surface area contributed by atoms with Crippen molar-refractivity contribution in [3.63, 3.8) is 0 Å². The molecule has 0 fully saturated rings. The molecular weight excluding hydrogens is 805 g/mol. The van der Waals surface area contributed by atoms with Crippen molar-refractivity contribution >= 4 is 17.9 Å². The Morgan fingerprint density at radius 2 is 0.600 bits per heavy atom. The fraction of sp³-hybridized carbons (Fsp3) is 0.610. The van der Waals surface area contributed by atoms with Gasteiger partial charge in [0.25, 0.3) is 0 Å². The van der Waals surface area contributed by atoms with E-state index in [4.69, 9.17) is 14.2 Å². The number of hydrogen-bond acceptors (Lipinski definition) is 6. The van der Waals surface area contributed by atoms with E-state index in [1.807, 2.05) is 0 Å². The Balaban J connectivity index is 4.51. The maximum atomic E-state index is 12.8. The number of hydrogen-bond donors (Lipinski definition) is 0. The van der Waals surface area contributed by atoms with Crippen molar-refractivity contribution in [3.8, 4) is 0 Å². The summed E-state index contributed by atoms with van der Waals surface area (Å²) in [6.07, 6.45) is 71.9. The van der Waals surface area contributed by atoms with Gasteiger partial charge in [0.1, 0.15) is 13.2 Å². The number of rotatable bonds is 45. The van der Waals surface area contributed by atoms with E-state index in [9.17, 15) is 14.4 Å². The van der Waals surface area contributed by atoms with Crippen molar-refractivity contribution in [2.45, 2.75) is 219 Å². The van der Waals surface area contributed by atoms with Crippen molar-refractivity contribution in [1.29, 1.82) is 0 Å². The molecule has 0 radical (unpaired) electrons. The van der Waals surface area contributed by atoms with Crippen LogP contribution >= 0.6 is 0 Å². The van der Waals surface area contributed by atoms with Crippen molar-refractivity contribution in [1.82, 2.24) is 0 Å². The molecule has 0 saturated heterocycles. The second-order valence-corrected chi connectivity index (χ2v) is 16.7. The van der Waals surface area contributed by atoms with Gasteiger partial charge in [-0.05, 0) is 128 Å². The van der Waals surface area contributed by atoms with E-state index >= 15 is 0 Å². The number of carbonyl (C=O) groups is 3. The zero-order valence-electron chi connectivity index (χ0n) is 41.7. The number of unbranched alkanes of at least 4 members (excludes halogenated alkanes) is 14. The summed E-state index contributed by atoms with van der Waals surface area (Å²) in [5, 5.41) is 0. The second-order valence-electron chi connectivity index (χ2n) is 16.7. The Bertz CT molecular complexity index is 1400. The molecule has 0 aliphatic carbocycles. The molecule has 0 rings (SSSR count). The topological polar surface area (TPSA) is 78.9 Å². The molecule has 0 aromatic rings. The van der Waals surface area contributed by atoms with Crippen molar-refractivity contribution in [2.24, 2.45) is 0 Å². The predicted octanol–water partition coefficient (Wildman–Crippen LogP) is 17.3. The largest absolute Gasteiger partial charge is 0.462 e. The first-order chi connectivity index (χ1) is 32.0. The molecule has 6 nitrogen and oxygen atoms in total. The van der Waals surface area contributed by atoms with E-state index in [-0.39, 0.29) is 37.5 Å². The number of esters is 3. The molecule has 0 bridgehead atoms. The van der Waals surface area contributed by atoms with Gasteiger partial charge in [-0.1, -0.05) is 187 Å². The number of ether oxygens (including phenoxy) is 3. The third kappa shape index (κ3) is 50.7. The van der Waals surface area contributed by atoms with Crippen LogP contribution in [0, 0.1) is 0 Å². The predicted molar refractivity (Wildman–Crippen MR) is 279 cm³/mol. The fourth-order valence-electron chi connectivity index (χ4n) is 6.57. The van der Waals surface area contributed by atoms with Crippen LogP contribution in [0.4, 0.5) is 0 Å². The lowest BCUT2D eigenvalue weighted by Crippen LogP contribution is -2.30. The average molecular weight is 899 g/mol. The molecule has 0 N–H and O–H groups in total. The molecule has 0 aromatic heterocycles. The summed E-state index contributed by atoms with van der Waals surface area (Å²) in [6.45, 7) is 6.30. The Labute approximate surface area is 399 Å². The molecule has 0 aliphatic rings. The summed E-state index contributed by atoms with van der Waals surface area (Å²) in [5.41, 5.74) is 0. The van der Waals surface area contributed by atoms with Crippen LogP contribution in [-0.2, 0) is 28.6 Å². The van der Waals surface area contributed by atoms with Crippen LogP contribution in [0.25, 0.3) is 0 Å². The first kappa shape index (κ1) is 60.8. The molecule has 1 atom stereocenters. The highest BCUT2D eigenvalue weighted by atomic mass is 16.6. The van der Waals surface area contributed by atoms with Crippen LogP contribution in [-0.4, -0.2) is 37.2 Å². The maximum absolute atomic E-state index is 12.8. The zero-order chi connectivity index (χ0) is 47.2. The van der Waals surface area contributed by atoms with E-state index in [2.05, 4.69) is 142 Å². The van der Waals surface area contributed by atoms with E-state index in [0.29, 0.717) is 25.7 Å². The SMILES string of the molecule is CC/C=C\C/C=C\C/C=C\C/C=C\C/C=C\C/C=C\CCCCC(=O)OCC(COC(=O)CCCCCCC/C=C\CCCCCC)OC(=O)CCCCC/C=C\C/C=C\C/C=C\CC. The molecule has 0 aromatic carbocycles. The monoisotopic (exact) mass is 899 g/mol. The summed E-state index contributed by atoms with van der Waals surface area (Å²) in [5.74, 6) is -1.00. The third-order valence-corrected chi connectivity index (χ3v) is 10.4. The summed E-state index contributed by atoms with van der Waals surface area (Å²) in [7, 11) is 0. The van der Waals surface area contributed by atoms with Gasteiger partial charge < -0.3 is 14.2 Å². The van der Waals surface area contributed by atoms with Gasteiger partial charge in [0.05, 0.1) is 0 Å². The van der Waals surface area contributed by atoms with Gasteiger partial charge in [-0.2, -0.15) is 0 Å². The molecule has 0 spiro atoms. The van der Waals surface area contributed by atoms with Crippen LogP contribution in [0.1, 0.15) is 213 Å². The average Bonchev–Trinajstić information content (AvgIpc) is 3.30. The maximum Gasteiger partial charge on any atom is 0.306 e. The molecule has 65 heavy (non-hydrogen) atoms. The zero-order valence-corrected chi connectivity index (χ0v) is 41.7. The molecule has 1 unspecified atom stereocenters. The van der Waals surface area contributed by atoms with Crippen LogP contribution in [0.2, 0.25) is 0 Å². The molecule has 0 saturated carbocycles. The summed E-state index contributed by atoms with van der Waals surface area (Å²) >= 11 is 0. The Morgan fingerprint density at radius 1 is 0.323 bits per heavy atom. The first-order valence-corrected chi connectivity index (χ1v) is 26.0. The van der Waals surface area contributed by atoms with Crippen molar-refractivity contribution < 1.29 is 28.6 Å². The highest BCUT2D eigenvalue weighted by molar-refractivity contribution is 5.71. The first-order valence-electron chi connectivity index (χ1n) is 26.0. The van der Waals surface area contributed by atoms with Gasteiger partial charge >= 0.3 is 17.9 Å². The molecule has 0 aliphatic heterocycles. The minimum absolute atomic E-state index is 0.112. The fourth-order valence-corrected chi connectivity index (χ4v) is 6.57. The van der Waals surface area contributed by atoms with E-state index in [1.54, 1.807) is 0 Å². The molecule has 0 heterocycles. The highest BCUT2D eigenvalue weighted by Crippen LogP contribution is 2.12. The number of allylic oxidation sites excluding steroid dienone is 20. The van der Waals surface area contributed by atoms with E-state index < -0.39 is 6.10 Å². The van der Waals surface area contributed by atoms with Gasteiger partial charge in [-0.3, -0.25) is 14.4 Å². The summed E-state index contributed by atoms with van der Waals surface area (Å²) in [6, 6.07) is 0. The Hall–Kier alpha value is -4.19. The van der Waals surface area contributed by atoms with Gasteiger partial charge in [-0.15, -0.1) is 0 Å². The van der Waals surface area contributed by atoms with Gasteiger partial charge in [-0.25, -0.2) is 0 Å². The highest BCUT2D eigenvalue weighted by Gasteiger charge is 2.19. The van der Waals surface area contributed by atoms with Gasteiger partial charge in [0.2, 0.25) is 0 Å². The molecule has 0 amide bonds. The lowest BCUT2D eigenvalue weighted by atomic mass is 10.1. The third-order valence-electron chi connectivity index (χ3n) is 10.4. The molecule has 366 valence electrons. The van der Waals surface area contributed by atoms with Crippen molar-refractivity contribution in [2.75, 3.05) is 13.2 Å². The minimum atomic E-state index is -0.817. The van der Waals surface area contributed by atoms with Gasteiger partial charge in [0.15, 0.2) is 6.10 Å². The normalized spacial score (nSPS) is 13.1. The lowest BCUT2D eigenvalue weighted by Gasteiger charge is -2.18. The Kier molecular flexibility index (Phi) is 49.1. The number of carbonyl (C=O) groups excluding carboxylic acids is 3. The summed E-state index contributed by atoms with van der Waals surface area (Å²) < 4.78 is 16.7. The quantitative estimate of drug-likeness (QED) is 0.0262. The standard InChI is InChI=1S/C59H94O6/c1-4-7-10-13-16-19-22-25-26-27-28-29-30-31-32-35-37-40-43-46-49-52-58(61)64-55-56(65-59(62)53-50-47-44-41-38-34-24-21-18-15-12-9-6-3)54-63-57(60)51-48-45-42-39-36-33-23-20-17-14-11-8-5-2/h7,9-10,12,16,18-21,23,25-26,28-29,31-32,34,37-38,40,56H,4-6,8,11,13-15,17,22,24,27,30,33,35-36,39,41-55H2,1-3H3/b10-7-,12-9-,19-16-,21-18-,23-20-,26-25-,29-28-,32-31-,38-34-,40-37-. The lowest BCUT2D eigenvalue weighted by molar-refractivity contribution is -0.167. The van der Waals surface area contributed by atoms with Crippen LogP contribution in [0.5, 0.6) is 0 Å². The minimum Gasteiger partial charge on any atom is -0.462 e. The second kappa shape index (κ2) is 52.4. The van der Waals surface area contributed by atoms with E-state index in [1.165, 1.54) is 38.5 Å². The van der Waals surface area contributed by atoms with Crippen molar-refractivity contribution in [3.05, 3.63) is 122 Å². The molecular formula is C59H94O6. The smallest absolute Gasteiger partial charge is 0.306 e. The Morgan fingerprint density at radius 3 is 1.00 bits per heavy atom. The van der Waals surface area contributed by atoms with Crippen LogP contribution < -0.4 is 0 Å². The van der Waals surface area contributed by atoms with E-state index in [0.717, 1.165) is 122 Å². The summed E-state index contributed by atoms with van der Waals surface area (Å²) in [4.78, 5) is 38.0. The van der Waals surface area contributed by atoms with Crippen LogP contribution in [0.15, 0.2) is 122 Å². The molecule has 6 heteroatoms. The van der Waals surface area contributed by atoms with Crippen LogP contribution in [0.3, 0.4) is 0 Å². The van der Waals surface area contributed by atoms with Gasteiger partial charge in [0, 0.05) is 19.3 Å².